The zero-order valence-corrected chi connectivity index (χ0v) is 14.0. The van der Waals surface area contributed by atoms with Crippen LogP contribution in [0.3, 0.4) is 0 Å². The molecule has 0 unspecified atom stereocenters. The number of hydrogen-bond donors (Lipinski definition) is 1. The van der Waals surface area contributed by atoms with Gasteiger partial charge in [-0.25, -0.2) is 0 Å². The molecule has 1 fully saturated rings. The molecule has 0 spiro atoms. The molecule has 0 bridgehead atoms. The lowest BCUT2D eigenvalue weighted by molar-refractivity contribution is 0.0851. The summed E-state index contributed by atoms with van der Waals surface area (Å²) >= 11 is 0. The van der Waals surface area contributed by atoms with Crippen molar-refractivity contribution in [1.82, 2.24) is 10.2 Å². The number of ether oxygens (including phenoxy) is 1. The number of likely N-dealkylation sites (tertiary alicyclic amines) is 1. The molecular weight excluding hydrogens is 280 g/mol. The maximum atomic E-state index is 12.3. The minimum Gasteiger partial charge on any atom is -0.465 e. The number of amides is 1. The second-order valence-electron chi connectivity index (χ2n) is 6.58. The molecule has 124 valence electrons. The van der Waals surface area contributed by atoms with Crippen molar-refractivity contribution in [3.05, 3.63) is 17.9 Å². The van der Waals surface area contributed by atoms with Crippen molar-refractivity contribution >= 4 is 5.91 Å². The highest BCUT2D eigenvalue weighted by Crippen LogP contribution is 2.18. The Labute approximate surface area is 133 Å². The van der Waals surface area contributed by atoms with E-state index in [0.29, 0.717) is 18.3 Å². The van der Waals surface area contributed by atoms with E-state index in [9.17, 15) is 4.79 Å². The molecule has 1 saturated heterocycles. The van der Waals surface area contributed by atoms with Gasteiger partial charge in [-0.1, -0.05) is 12.8 Å². The fourth-order valence-corrected chi connectivity index (χ4v) is 2.92. The number of nitrogens with one attached hydrogen (secondary N) is 1. The molecule has 5 heteroatoms. The fourth-order valence-electron chi connectivity index (χ4n) is 2.92. The molecule has 1 aliphatic heterocycles. The zero-order valence-electron chi connectivity index (χ0n) is 14.0. The normalized spacial score (nSPS) is 17.0. The summed E-state index contributed by atoms with van der Waals surface area (Å²) in [6, 6.07) is 3.34. The van der Waals surface area contributed by atoms with E-state index in [2.05, 4.69) is 24.1 Å². The first-order valence-electron chi connectivity index (χ1n) is 8.28. The van der Waals surface area contributed by atoms with E-state index in [1.165, 1.54) is 25.7 Å². The van der Waals surface area contributed by atoms with E-state index in [1.54, 1.807) is 12.1 Å². The number of rotatable bonds is 6. The minimum atomic E-state index is -0.292. The SMILES string of the molecule is CCOc1ccc(C(=O)NC(C)(C)CN2CCCCCC2)o1. The molecule has 1 aromatic heterocycles. The van der Waals surface area contributed by atoms with E-state index < -0.39 is 0 Å². The van der Waals surface area contributed by atoms with Gasteiger partial charge in [-0.05, 0) is 52.8 Å². The van der Waals surface area contributed by atoms with Crippen LogP contribution in [0.2, 0.25) is 0 Å². The van der Waals surface area contributed by atoms with Crippen LogP contribution in [-0.4, -0.2) is 42.6 Å². The lowest BCUT2D eigenvalue weighted by atomic mass is 10.0. The van der Waals surface area contributed by atoms with E-state index in [0.717, 1.165) is 19.6 Å². The third-order valence-corrected chi connectivity index (χ3v) is 3.86. The molecule has 2 rings (SSSR count). The topological polar surface area (TPSA) is 54.7 Å². The van der Waals surface area contributed by atoms with Gasteiger partial charge in [0.05, 0.1) is 6.61 Å². The quantitative estimate of drug-likeness (QED) is 0.877. The summed E-state index contributed by atoms with van der Waals surface area (Å²) in [7, 11) is 0. The number of furan rings is 1. The van der Waals surface area contributed by atoms with Crippen molar-refractivity contribution in [2.24, 2.45) is 0 Å². The molecule has 1 amide bonds. The van der Waals surface area contributed by atoms with E-state index in [1.807, 2.05) is 6.92 Å². The van der Waals surface area contributed by atoms with Gasteiger partial charge in [0.25, 0.3) is 11.9 Å². The molecule has 2 heterocycles. The lowest BCUT2D eigenvalue weighted by Crippen LogP contribution is -2.51. The largest absolute Gasteiger partial charge is 0.465 e. The summed E-state index contributed by atoms with van der Waals surface area (Å²) < 4.78 is 10.6. The summed E-state index contributed by atoms with van der Waals surface area (Å²) in [6.45, 7) is 9.62. The Balaban J connectivity index is 1.90. The monoisotopic (exact) mass is 308 g/mol. The Morgan fingerprint density at radius 3 is 2.59 bits per heavy atom. The van der Waals surface area contributed by atoms with Crippen LogP contribution in [0.4, 0.5) is 0 Å². The van der Waals surface area contributed by atoms with Gasteiger partial charge in [0.1, 0.15) is 0 Å². The molecule has 0 aliphatic carbocycles. The van der Waals surface area contributed by atoms with Gasteiger partial charge in [-0.3, -0.25) is 4.79 Å². The van der Waals surface area contributed by atoms with Crippen LogP contribution in [0.25, 0.3) is 0 Å². The smallest absolute Gasteiger partial charge is 0.287 e. The van der Waals surface area contributed by atoms with E-state index >= 15 is 0 Å². The maximum absolute atomic E-state index is 12.3. The summed E-state index contributed by atoms with van der Waals surface area (Å²) in [6.07, 6.45) is 5.13. The first kappa shape index (κ1) is 16.9. The number of carbonyl (C=O) groups excluding carboxylic acids is 1. The van der Waals surface area contributed by atoms with Crippen molar-refractivity contribution in [3.8, 4) is 5.95 Å². The van der Waals surface area contributed by atoms with Crippen LogP contribution in [0.15, 0.2) is 16.5 Å². The molecule has 0 saturated carbocycles. The average molecular weight is 308 g/mol. The number of carbonyl (C=O) groups is 1. The van der Waals surface area contributed by atoms with Gasteiger partial charge in [0.15, 0.2) is 5.76 Å². The average Bonchev–Trinajstić information content (AvgIpc) is 2.77. The van der Waals surface area contributed by atoms with Gasteiger partial charge in [-0.2, -0.15) is 0 Å². The van der Waals surface area contributed by atoms with Crippen LogP contribution in [0.1, 0.15) is 57.0 Å². The van der Waals surface area contributed by atoms with Crippen LogP contribution in [-0.2, 0) is 0 Å². The summed E-state index contributed by atoms with van der Waals surface area (Å²) in [4.78, 5) is 14.8. The van der Waals surface area contributed by atoms with Gasteiger partial charge in [0.2, 0.25) is 0 Å². The van der Waals surface area contributed by atoms with E-state index in [-0.39, 0.29) is 11.4 Å². The fraction of sp³-hybridized carbons (Fsp3) is 0.706. The Bertz CT molecular complexity index is 474. The third-order valence-electron chi connectivity index (χ3n) is 3.86. The molecule has 1 aromatic rings. The van der Waals surface area contributed by atoms with Crippen molar-refractivity contribution in [2.75, 3.05) is 26.2 Å². The first-order valence-corrected chi connectivity index (χ1v) is 8.28. The molecule has 1 N–H and O–H groups in total. The molecular formula is C17H28N2O3. The summed E-state index contributed by atoms with van der Waals surface area (Å²) in [5.41, 5.74) is -0.292. The van der Waals surface area contributed by atoms with Crippen LogP contribution < -0.4 is 10.1 Å². The Kier molecular flexibility index (Phi) is 5.89. The van der Waals surface area contributed by atoms with Crippen LogP contribution in [0, 0.1) is 0 Å². The van der Waals surface area contributed by atoms with Crippen molar-refractivity contribution < 1.29 is 13.9 Å². The predicted octanol–water partition coefficient (Wildman–Crippen LogP) is 3.06. The Morgan fingerprint density at radius 1 is 1.27 bits per heavy atom. The number of nitrogens with zero attached hydrogens (tertiary/aromatic N) is 1. The zero-order chi connectivity index (χ0) is 16.0. The summed E-state index contributed by atoms with van der Waals surface area (Å²) in [5.74, 6) is 0.496. The first-order chi connectivity index (χ1) is 10.5. The number of hydrogen-bond acceptors (Lipinski definition) is 4. The van der Waals surface area contributed by atoms with Crippen LogP contribution in [0.5, 0.6) is 5.95 Å². The molecule has 1 aliphatic rings. The second kappa shape index (κ2) is 7.68. The molecule has 5 nitrogen and oxygen atoms in total. The van der Waals surface area contributed by atoms with Gasteiger partial charge >= 0.3 is 0 Å². The lowest BCUT2D eigenvalue weighted by Gasteiger charge is -2.32. The van der Waals surface area contributed by atoms with Crippen molar-refractivity contribution in [1.29, 1.82) is 0 Å². The van der Waals surface area contributed by atoms with E-state index in [4.69, 9.17) is 9.15 Å². The highest BCUT2D eigenvalue weighted by atomic mass is 16.6. The summed E-state index contributed by atoms with van der Waals surface area (Å²) in [5, 5.41) is 3.07. The molecule has 0 atom stereocenters. The van der Waals surface area contributed by atoms with Gasteiger partial charge < -0.3 is 19.4 Å². The molecule has 22 heavy (non-hydrogen) atoms. The van der Waals surface area contributed by atoms with Crippen LogP contribution >= 0.6 is 0 Å². The Hall–Kier alpha value is -1.49. The highest BCUT2D eigenvalue weighted by molar-refractivity contribution is 5.92. The molecule has 0 aromatic carbocycles. The van der Waals surface area contributed by atoms with Gasteiger partial charge in [0, 0.05) is 18.2 Å². The predicted molar refractivity (Wildman–Crippen MR) is 86.3 cm³/mol. The molecule has 0 radical (unpaired) electrons. The minimum absolute atomic E-state index is 0.189. The Morgan fingerprint density at radius 2 is 1.95 bits per heavy atom. The highest BCUT2D eigenvalue weighted by Gasteiger charge is 2.26. The second-order valence-corrected chi connectivity index (χ2v) is 6.58. The van der Waals surface area contributed by atoms with Crippen molar-refractivity contribution in [3.63, 3.8) is 0 Å². The standard InChI is InChI=1S/C17H28N2O3/c1-4-21-15-10-9-14(22-15)16(20)18-17(2,3)13-19-11-7-5-6-8-12-19/h9-10H,4-8,11-13H2,1-3H3,(H,18,20). The van der Waals surface area contributed by atoms with Gasteiger partial charge in [-0.15, -0.1) is 0 Å². The maximum Gasteiger partial charge on any atom is 0.287 e. The van der Waals surface area contributed by atoms with Crippen molar-refractivity contribution in [2.45, 2.75) is 52.0 Å². The third kappa shape index (κ3) is 5.05.